The van der Waals surface area contributed by atoms with Gasteiger partial charge in [0.15, 0.2) is 0 Å². The first-order chi connectivity index (χ1) is 16.5. The van der Waals surface area contributed by atoms with E-state index in [9.17, 15) is 26.7 Å². The zero-order chi connectivity index (χ0) is 25.4. The third-order valence-electron chi connectivity index (χ3n) is 7.48. The summed E-state index contributed by atoms with van der Waals surface area (Å²) in [7, 11) is 0.813. The molecule has 1 spiro atoms. The summed E-state index contributed by atoms with van der Waals surface area (Å²) in [6, 6.07) is 9.06. The average molecular weight is 561 g/mol. The van der Waals surface area contributed by atoms with Crippen molar-refractivity contribution in [3.05, 3.63) is 69.7 Å². The second-order valence-electron chi connectivity index (χ2n) is 9.25. The molecule has 4 nitrogen and oxygen atoms in total. The first-order valence-electron chi connectivity index (χ1n) is 11.4. The Morgan fingerprint density at radius 2 is 1.71 bits per heavy atom. The van der Waals surface area contributed by atoms with Crippen molar-refractivity contribution in [2.24, 2.45) is 5.41 Å². The van der Waals surface area contributed by atoms with Crippen LogP contribution in [0.25, 0.3) is 0 Å². The Labute approximate surface area is 209 Å². The van der Waals surface area contributed by atoms with Crippen LogP contribution >= 0.6 is 15.9 Å². The van der Waals surface area contributed by atoms with E-state index in [1.165, 1.54) is 17.0 Å². The molecule has 2 fully saturated rings. The summed E-state index contributed by atoms with van der Waals surface area (Å²) in [5.41, 5.74) is -3.21. The van der Waals surface area contributed by atoms with Crippen molar-refractivity contribution >= 4 is 21.8 Å². The van der Waals surface area contributed by atoms with Gasteiger partial charge in [-0.05, 0) is 67.1 Å². The van der Waals surface area contributed by atoms with E-state index in [0.717, 1.165) is 37.8 Å². The second kappa shape index (κ2) is 9.78. The van der Waals surface area contributed by atoms with Crippen LogP contribution in [0.15, 0.2) is 46.9 Å². The molecular weight excluding hydrogens is 535 g/mol. The second-order valence-corrected chi connectivity index (χ2v) is 10.2. The summed E-state index contributed by atoms with van der Waals surface area (Å²) in [5.74, 6) is -2.46. The Morgan fingerprint density at radius 1 is 1.06 bits per heavy atom. The van der Waals surface area contributed by atoms with Crippen molar-refractivity contribution in [3.63, 3.8) is 0 Å². The van der Waals surface area contributed by atoms with Gasteiger partial charge in [0, 0.05) is 42.7 Å². The lowest BCUT2D eigenvalue weighted by Gasteiger charge is -2.50. The van der Waals surface area contributed by atoms with Gasteiger partial charge in [-0.3, -0.25) is 4.79 Å². The molecule has 1 amide bonds. The monoisotopic (exact) mass is 560 g/mol. The molecule has 0 bridgehead atoms. The Kier molecular flexibility index (Phi) is 7.28. The molecule has 2 aliphatic heterocycles. The normalized spacial score (nSPS) is 22.1. The molecule has 0 aromatic heterocycles. The van der Waals surface area contributed by atoms with Crippen LogP contribution in [0.4, 0.5) is 22.0 Å². The first kappa shape index (κ1) is 26.0. The molecule has 0 aliphatic carbocycles. The Hall–Kier alpha value is -2.04. The number of alkyl halides is 3. The fourth-order valence-corrected chi connectivity index (χ4v) is 6.07. The molecule has 0 radical (unpaired) electrons. The predicted octanol–water partition coefficient (Wildman–Crippen LogP) is 5.52. The topological polar surface area (TPSA) is 41.6 Å². The number of nitrogens with zero attached hydrogens (tertiary/aromatic N) is 1. The number of hydrogen-bond donors (Lipinski definition) is 1. The van der Waals surface area contributed by atoms with Crippen LogP contribution in [-0.2, 0) is 15.1 Å². The Bertz CT molecular complexity index is 1050. The number of carbonyl (C=O) groups is 1. The molecule has 10 heteroatoms. The average Bonchev–Trinajstić information content (AvgIpc) is 2.80. The van der Waals surface area contributed by atoms with Gasteiger partial charge in [0.2, 0.25) is 0 Å². The summed E-state index contributed by atoms with van der Waals surface area (Å²) in [5, 5.41) is 3.36. The number of ether oxygens (including phenoxy) is 1. The molecule has 2 aromatic rings. The molecule has 1 N–H and O–H groups in total. The quantitative estimate of drug-likeness (QED) is 0.501. The molecule has 0 unspecified atom stereocenters. The third kappa shape index (κ3) is 4.72. The highest BCUT2D eigenvalue weighted by Crippen LogP contribution is 2.50. The van der Waals surface area contributed by atoms with E-state index in [4.69, 9.17) is 4.74 Å². The highest BCUT2D eigenvalue weighted by atomic mass is 79.9. The number of methoxy groups -OCH3 is 1. The van der Waals surface area contributed by atoms with E-state index in [2.05, 4.69) is 21.2 Å². The number of likely N-dealkylation sites (tertiary alicyclic amines) is 1. The summed E-state index contributed by atoms with van der Waals surface area (Å²) in [6.45, 7) is 1.64. The predicted molar refractivity (Wildman–Crippen MR) is 124 cm³/mol. The minimum atomic E-state index is -5.12. The van der Waals surface area contributed by atoms with Crippen LogP contribution < -0.4 is 5.32 Å². The molecule has 35 heavy (non-hydrogen) atoms. The SMILES string of the molecule is CO[C@@](C(=O)N1CCC2(CCNC[C@H]2c2ccc(F)cc2)CC1)(c1cc(F)cc(Br)c1)C(F)(F)F. The Balaban J connectivity index is 1.62. The summed E-state index contributed by atoms with van der Waals surface area (Å²) in [6.07, 6.45) is -3.34. The van der Waals surface area contributed by atoms with Crippen molar-refractivity contribution in [1.29, 1.82) is 0 Å². The lowest BCUT2D eigenvalue weighted by Crippen LogP contribution is -2.59. The summed E-state index contributed by atoms with van der Waals surface area (Å²) < 4.78 is 75.8. The maximum Gasteiger partial charge on any atom is 0.430 e. The summed E-state index contributed by atoms with van der Waals surface area (Å²) in [4.78, 5) is 14.6. The van der Waals surface area contributed by atoms with Crippen LogP contribution in [0.1, 0.15) is 36.3 Å². The van der Waals surface area contributed by atoms with Crippen molar-refractivity contribution in [3.8, 4) is 0 Å². The highest BCUT2D eigenvalue weighted by molar-refractivity contribution is 9.10. The fourth-order valence-electron chi connectivity index (χ4n) is 5.60. The Morgan fingerprint density at radius 3 is 2.29 bits per heavy atom. The van der Waals surface area contributed by atoms with Gasteiger partial charge in [-0.1, -0.05) is 28.1 Å². The van der Waals surface area contributed by atoms with Crippen molar-refractivity contribution in [2.45, 2.75) is 37.0 Å². The zero-order valence-corrected chi connectivity index (χ0v) is 20.7. The molecule has 2 atom stereocenters. The largest absolute Gasteiger partial charge is 0.430 e. The number of carbonyl (C=O) groups excluding carboxylic acids is 1. The minimum absolute atomic E-state index is 0.0445. The van der Waals surface area contributed by atoms with Crippen molar-refractivity contribution < 1.29 is 31.5 Å². The third-order valence-corrected chi connectivity index (χ3v) is 7.94. The maximum atomic E-state index is 14.4. The van der Waals surface area contributed by atoms with Gasteiger partial charge in [-0.15, -0.1) is 0 Å². The maximum absolute atomic E-state index is 14.4. The van der Waals surface area contributed by atoms with E-state index in [-0.39, 0.29) is 34.7 Å². The smallest absolute Gasteiger partial charge is 0.356 e. The minimum Gasteiger partial charge on any atom is -0.356 e. The molecule has 2 aliphatic rings. The number of hydrogen-bond acceptors (Lipinski definition) is 3. The van der Waals surface area contributed by atoms with Gasteiger partial charge in [-0.2, -0.15) is 13.2 Å². The number of rotatable bonds is 4. The van der Waals surface area contributed by atoms with Crippen LogP contribution in [0.2, 0.25) is 0 Å². The first-order valence-corrected chi connectivity index (χ1v) is 12.2. The van der Waals surface area contributed by atoms with Crippen LogP contribution in [-0.4, -0.2) is 50.3 Å². The van der Waals surface area contributed by atoms with Gasteiger partial charge < -0.3 is 15.0 Å². The molecule has 190 valence electrons. The molecular formula is C25H26BrF5N2O2. The molecule has 4 rings (SSSR count). The van der Waals surface area contributed by atoms with Crippen molar-refractivity contribution in [1.82, 2.24) is 10.2 Å². The van der Waals surface area contributed by atoms with Gasteiger partial charge in [0.25, 0.3) is 11.5 Å². The standard InChI is InChI=1S/C25H26BrF5N2O2/c1-35-24(25(29,30)31,17-12-18(26)14-20(28)13-17)22(34)33-10-7-23(8-11-33)6-9-32-15-21(23)16-2-4-19(27)5-3-16/h2-5,12-14,21,32H,6-11,15H2,1H3/t21-,24+/m0/s1. The van der Waals surface area contributed by atoms with Crippen LogP contribution in [0.5, 0.6) is 0 Å². The fraction of sp³-hybridized carbons (Fsp3) is 0.480. The van der Waals surface area contributed by atoms with Crippen LogP contribution in [0, 0.1) is 17.0 Å². The number of benzene rings is 2. The molecule has 2 saturated heterocycles. The summed E-state index contributed by atoms with van der Waals surface area (Å²) >= 11 is 3.01. The number of halogens is 6. The molecule has 2 heterocycles. The van der Waals surface area contributed by atoms with Gasteiger partial charge in [-0.25, -0.2) is 8.78 Å². The van der Waals surface area contributed by atoms with E-state index in [1.54, 1.807) is 12.1 Å². The molecule has 2 aromatic carbocycles. The lowest BCUT2D eigenvalue weighted by atomic mass is 9.62. The lowest BCUT2D eigenvalue weighted by molar-refractivity contribution is -0.271. The zero-order valence-electron chi connectivity index (χ0n) is 19.1. The van der Waals surface area contributed by atoms with Crippen molar-refractivity contribution in [2.75, 3.05) is 33.3 Å². The van der Waals surface area contributed by atoms with E-state index < -0.39 is 29.1 Å². The van der Waals surface area contributed by atoms with Gasteiger partial charge in [0.05, 0.1) is 0 Å². The number of piperidine rings is 2. The van der Waals surface area contributed by atoms with E-state index in [0.29, 0.717) is 25.5 Å². The van der Waals surface area contributed by atoms with E-state index >= 15 is 0 Å². The number of amides is 1. The molecule has 0 saturated carbocycles. The highest BCUT2D eigenvalue weighted by Gasteiger charge is 2.64. The van der Waals surface area contributed by atoms with Crippen LogP contribution in [0.3, 0.4) is 0 Å². The number of nitrogens with one attached hydrogen (secondary N) is 1. The van der Waals surface area contributed by atoms with E-state index in [1.807, 2.05) is 0 Å². The van der Waals surface area contributed by atoms with Gasteiger partial charge in [0.1, 0.15) is 11.6 Å². The van der Waals surface area contributed by atoms with Gasteiger partial charge >= 0.3 is 6.18 Å².